The van der Waals surface area contributed by atoms with Crippen LogP contribution in [0, 0.1) is 0 Å². The fourth-order valence-electron chi connectivity index (χ4n) is 1.13. The molecule has 5 nitrogen and oxygen atoms in total. The van der Waals surface area contributed by atoms with Crippen LogP contribution in [0.3, 0.4) is 0 Å². The molecule has 0 saturated carbocycles. The number of hydrogen-bond donors (Lipinski definition) is 0. The van der Waals surface area contributed by atoms with Gasteiger partial charge in [0.25, 0.3) is 0 Å². The van der Waals surface area contributed by atoms with Crippen LogP contribution >= 0.6 is 0 Å². The first kappa shape index (κ1) is 11.3. The molecule has 0 aliphatic heterocycles. The zero-order valence-corrected chi connectivity index (χ0v) is 8.52. The van der Waals surface area contributed by atoms with Crippen molar-refractivity contribution in [3.05, 3.63) is 29.1 Å². The van der Waals surface area contributed by atoms with Gasteiger partial charge in [0.1, 0.15) is 5.69 Å². The summed E-state index contributed by atoms with van der Waals surface area (Å²) in [5.41, 5.74) is 0.995. The Balaban J connectivity index is 3.10. The van der Waals surface area contributed by atoms with Crippen molar-refractivity contribution in [2.24, 2.45) is 0 Å². The molecule has 1 rings (SSSR count). The number of esters is 1. The number of aromatic nitrogens is 1. The lowest BCUT2D eigenvalue weighted by Crippen LogP contribution is -2.06. The second kappa shape index (κ2) is 5.21. The van der Waals surface area contributed by atoms with Crippen LogP contribution < -0.4 is 0 Å². The molecular weight excluding hydrogens is 198 g/mol. The van der Waals surface area contributed by atoms with Crippen molar-refractivity contribution in [3.8, 4) is 0 Å². The number of rotatable bonds is 4. The molecule has 0 aliphatic carbocycles. The van der Waals surface area contributed by atoms with Gasteiger partial charge in [0.15, 0.2) is 6.29 Å². The largest absolute Gasteiger partial charge is 0.465 e. The quantitative estimate of drug-likeness (QED) is 0.542. The summed E-state index contributed by atoms with van der Waals surface area (Å²) in [4.78, 5) is 25.8. The third-order valence-electron chi connectivity index (χ3n) is 1.73. The molecule has 1 heterocycles. The first-order chi connectivity index (χ1) is 7.21. The number of nitrogens with zero attached hydrogens (tertiary/aromatic N) is 1. The van der Waals surface area contributed by atoms with Crippen molar-refractivity contribution < 1.29 is 19.1 Å². The van der Waals surface area contributed by atoms with E-state index >= 15 is 0 Å². The average Bonchev–Trinajstić information content (AvgIpc) is 2.28. The molecule has 80 valence electrons. The average molecular weight is 209 g/mol. The van der Waals surface area contributed by atoms with Crippen molar-refractivity contribution >= 4 is 12.3 Å². The SMILES string of the molecule is COCc1cc(C(=O)OC)cc(C=O)n1. The summed E-state index contributed by atoms with van der Waals surface area (Å²) in [6.07, 6.45) is 0.575. The summed E-state index contributed by atoms with van der Waals surface area (Å²) in [6.45, 7) is 0.242. The van der Waals surface area contributed by atoms with Gasteiger partial charge in [0.05, 0.1) is 25.0 Å². The zero-order valence-electron chi connectivity index (χ0n) is 8.52. The number of pyridine rings is 1. The van der Waals surface area contributed by atoms with Crippen molar-refractivity contribution in [1.29, 1.82) is 0 Å². The monoisotopic (exact) mass is 209 g/mol. The normalized spacial score (nSPS) is 9.73. The Morgan fingerprint density at radius 2 is 2.20 bits per heavy atom. The highest BCUT2D eigenvalue weighted by Crippen LogP contribution is 2.07. The molecule has 0 aliphatic rings. The van der Waals surface area contributed by atoms with Gasteiger partial charge < -0.3 is 9.47 Å². The van der Waals surface area contributed by atoms with Gasteiger partial charge in [-0.15, -0.1) is 0 Å². The van der Waals surface area contributed by atoms with Crippen LogP contribution in [0.2, 0.25) is 0 Å². The van der Waals surface area contributed by atoms with E-state index in [-0.39, 0.29) is 12.3 Å². The fraction of sp³-hybridized carbons (Fsp3) is 0.300. The summed E-state index contributed by atoms with van der Waals surface area (Å²) in [5, 5.41) is 0. The van der Waals surface area contributed by atoms with Crippen molar-refractivity contribution in [1.82, 2.24) is 4.98 Å². The Morgan fingerprint density at radius 1 is 1.47 bits per heavy atom. The number of carbonyl (C=O) groups is 2. The van der Waals surface area contributed by atoms with Crippen molar-refractivity contribution in [2.75, 3.05) is 14.2 Å². The molecule has 0 saturated heterocycles. The standard InChI is InChI=1S/C10H11NO4/c1-14-6-9-4-7(10(13)15-2)3-8(5-12)11-9/h3-5H,6H2,1-2H3. The molecule has 0 spiro atoms. The molecule has 15 heavy (non-hydrogen) atoms. The minimum absolute atomic E-state index is 0.185. The van der Waals surface area contributed by atoms with Crippen molar-refractivity contribution in [2.45, 2.75) is 6.61 Å². The van der Waals surface area contributed by atoms with E-state index in [1.165, 1.54) is 26.4 Å². The highest BCUT2D eigenvalue weighted by atomic mass is 16.5. The maximum absolute atomic E-state index is 11.2. The van der Waals surface area contributed by atoms with E-state index in [0.29, 0.717) is 17.5 Å². The molecule has 0 bridgehead atoms. The molecule has 0 radical (unpaired) electrons. The lowest BCUT2D eigenvalue weighted by molar-refractivity contribution is 0.0600. The van der Waals surface area contributed by atoms with E-state index in [0.717, 1.165) is 0 Å². The molecule has 0 unspecified atom stereocenters. The van der Waals surface area contributed by atoms with Gasteiger partial charge in [-0.1, -0.05) is 0 Å². The Morgan fingerprint density at radius 3 is 2.73 bits per heavy atom. The number of hydrogen-bond acceptors (Lipinski definition) is 5. The van der Waals surface area contributed by atoms with Crippen LogP contribution in [0.1, 0.15) is 26.5 Å². The summed E-state index contributed by atoms with van der Waals surface area (Å²) in [7, 11) is 2.78. The van der Waals surface area contributed by atoms with Crippen LogP contribution in [0.4, 0.5) is 0 Å². The van der Waals surface area contributed by atoms with E-state index in [9.17, 15) is 9.59 Å². The van der Waals surface area contributed by atoms with Crippen molar-refractivity contribution in [3.63, 3.8) is 0 Å². The molecule has 0 fully saturated rings. The highest BCUT2D eigenvalue weighted by Gasteiger charge is 2.09. The smallest absolute Gasteiger partial charge is 0.337 e. The predicted octanol–water partition coefficient (Wildman–Crippen LogP) is 0.827. The summed E-state index contributed by atoms with van der Waals surface area (Å²) in [6, 6.07) is 2.90. The van der Waals surface area contributed by atoms with Crippen LogP contribution in [-0.2, 0) is 16.1 Å². The van der Waals surface area contributed by atoms with E-state index in [1.54, 1.807) is 0 Å². The van der Waals surface area contributed by atoms with E-state index in [4.69, 9.17) is 4.74 Å². The minimum Gasteiger partial charge on any atom is -0.465 e. The Kier molecular flexibility index (Phi) is 3.93. The highest BCUT2D eigenvalue weighted by molar-refractivity contribution is 5.91. The molecule has 5 heteroatoms. The fourth-order valence-corrected chi connectivity index (χ4v) is 1.13. The minimum atomic E-state index is -0.502. The molecule has 1 aromatic rings. The number of methoxy groups -OCH3 is 2. The Hall–Kier alpha value is -1.75. The lowest BCUT2D eigenvalue weighted by atomic mass is 10.2. The van der Waals surface area contributed by atoms with E-state index < -0.39 is 5.97 Å². The molecular formula is C10H11NO4. The topological polar surface area (TPSA) is 65.5 Å². The van der Waals surface area contributed by atoms with Gasteiger partial charge in [0.2, 0.25) is 0 Å². The van der Waals surface area contributed by atoms with E-state index in [1.807, 2.05) is 0 Å². The molecule has 0 N–H and O–H groups in total. The number of carbonyl (C=O) groups excluding carboxylic acids is 2. The van der Waals surface area contributed by atoms with Crippen LogP contribution in [0.25, 0.3) is 0 Å². The second-order valence-corrected chi connectivity index (χ2v) is 2.81. The lowest BCUT2D eigenvalue weighted by Gasteiger charge is -2.03. The first-order valence-corrected chi connectivity index (χ1v) is 4.24. The molecule has 0 atom stereocenters. The second-order valence-electron chi connectivity index (χ2n) is 2.81. The third-order valence-corrected chi connectivity index (χ3v) is 1.73. The first-order valence-electron chi connectivity index (χ1n) is 4.24. The zero-order chi connectivity index (χ0) is 11.3. The Bertz CT molecular complexity index is 376. The van der Waals surface area contributed by atoms with Gasteiger partial charge >= 0.3 is 5.97 Å². The van der Waals surface area contributed by atoms with Gasteiger partial charge in [-0.05, 0) is 12.1 Å². The predicted molar refractivity (Wildman–Crippen MR) is 51.7 cm³/mol. The maximum atomic E-state index is 11.2. The molecule has 0 amide bonds. The van der Waals surface area contributed by atoms with E-state index in [2.05, 4.69) is 9.72 Å². The summed E-state index contributed by atoms with van der Waals surface area (Å²) >= 11 is 0. The summed E-state index contributed by atoms with van der Waals surface area (Å²) in [5.74, 6) is -0.502. The van der Waals surface area contributed by atoms with Gasteiger partial charge in [-0.3, -0.25) is 4.79 Å². The van der Waals surface area contributed by atoms with Gasteiger partial charge in [-0.25, -0.2) is 9.78 Å². The number of ether oxygens (including phenoxy) is 2. The van der Waals surface area contributed by atoms with Gasteiger partial charge in [-0.2, -0.15) is 0 Å². The van der Waals surface area contributed by atoms with Crippen LogP contribution in [-0.4, -0.2) is 31.5 Å². The Labute approximate surface area is 87.0 Å². The molecule has 0 aromatic carbocycles. The maximum Gasteiger partial charge on any atom is 0.337 e. The van der Waals surface area contributed by atoms with Gasteiger partial charge in [0, 0.05) is 7.11 Å². The molecule has 1 aromatic heterocycles. The summed E-state index contributed by atoms with van der Waals surface area (Å²) < 4.78 is 9.41. The van der Waals surface area contributed by atoms with Crippen LogP contribution in [0.15, 0.2) is 12.1 Å². The third kappa shape index (κ3) is 2.85. The van der Waals surface area contributed by atoms with Crippen LogP contribution in [0.5, 0.6) is 0 Å². The number of aldehydes is 1.